The van der Waals surface area contributed by atoms with Crippen LogP contribution < -0.4 is 19.6 Å². The van der Waals surface area contributed by atoms with Gasteiger partial charge in [0.15, 0.2) is 11.5 Å². The summed E-state index contributed by atoms with van der Waals surface area (Å²) < 4.78 is 17.7. The number of carbonyl (C=O) groups is 1. The number of hydrogen-bond acceptors (Lipinski definition) is 5. The Kier molecular flexibility index (Phi) is 10.0. The van der Waals surface area contributed by atoms with Gasteiger partial charge in [-0.25, -0.2) is 5.43 Å². The van der Waals surface area contributed by atoms with E-state index in [9.17, 15) is 4.79 Å². The average Bonchev–Trinajstić information content (AvgIpc) is 2.83. The molecular formula is C26H23BrCl2N2O4. The summed E-state index contributed by atoms with van der Waals surface area (Å²) in [5.74, 6) is 1.28. The van der Waals surface area contributed by atoms with Crippen LogP contribution in [0.5, 0.6) is 17.2 Å². The van der Waals surface area contributed by atoms with Crippen molar-refractivity contribution in [1.82, 2.24) is 5.43 Å². The van der Waals surface area contributed by atoms with Gasteiger partial charge in [-0.3, -0.25) is 4.79 Å². The third-order valence-corrected chi connectivity index (χ3v) is 5.80. The highest BCUT2D eigenvalue weighted by Gasteiger charge is 2.11. The van der Waals surface area contributed by atoms with Crippen molar-refractivity contribution in [2.24, 2.45) is 5.10 Å². The molecule has 0 spiro atoms. The molecule has 1 N–H and O–H groups in total. The summed E-state index contributed by atoms with van der Waals surface area (Å²) in [5, 5.41) is 5.16. The highest BCUT2D eigenvalue weighted by atomic mass is 79.9. The van der Waals surface area contributed by atoms with E-state index in [1.807, 2.05) is 25.1 Å². The molecule has 0 unspecified atom stereocenters. The molecule has 0 aliphatic carbocycles. The minimum atomic E-state index is -0.378. The molecule has 1 amide bonds. The number of amides is 1. The van der Waals surface area contributed by atoms with Crippen LogP contribution in [0.25, 0.3) is 0 Å². The lowest BCUT2D eigenvalue weighted by atomic mass is 10.2. The zero-order valence-electron chi connectivity index (χ0n) is 18.9. The lowest BCUT2D eigenvalue weighted by molar-refractivity contribution is 0.0954. The molecule has 9 heteroatoms. The molecule has 0 aliphatic rings. The SMILES string of the molecule is C=CCOc1ccc(C(=O)N/N=C/c2ccc(OCc3ccc(Cl)cc3Cl)c(Br)c2)cc1OCC. The molecule has 0 fully saturated rings. The summed E-state index contributed by atoms with van der Waals surface area (Å²) >= 11 is 15.6. The Balaban J connectivity index is 1.60. The zero-order valence-corrected chi connectivity index (χ0v) is 22.0. The molecule has 0 atom stereocenters. The average molecular weight is 578 g/mol. The van der Waals surface area contributed by atoms with Crippen LogP contribution in [-0.4, -0.2) is 25.3 Å². The first-order valence-electron chi connectivity index (χ1n) is 10.6. The molecule has 0 aromatic heterocycles. The van der Waals surface area contributed by atoms with E-state index in [1.54, 1.807) is 42.5 Å². The molecule has 0 saturated heterocycles. The molecule has 0 radical (unpaired) electrons. The Bertz CT molecular complexity index is 1230. The van der Waals surface area contributed by atoms with Crippen molar-refractivity contribution in [1.29, 1.82) is 0 Å². The third-order valence-electron chi connectivity index (χ3n) is 4.60. The molecule has 0 bridgehead atoms. The summed E-state index contributed by atoms with van der Waals surface area (Å²) in [4.78, 5) is 12.5. The van der Waals surface area contributed by atoms with Crippen LogP contribution in [-0.2, 0) is 6.61 Å². The summed E-state index contributed by atoms with van der Waals surface area (Å²) in [7, 11) is 0. The van der Waals surface area contributed by atoms with Crippen molar-refractivity contribution in [3.63, 3.8) is 0 Å². The highest BCUT2D eigenvalue weighted by molar-refractivity contribution is 9.10. The molecule has 0 saturated carbocycles. The summed E-state index contributed by atoms with van der Waals surface area (Å²) in [5.41, 5.74) is 4.49. The predicted molar refractivity (Wildman–Crippen MR) is 143 cm³/mol. The van der Waals surface area contributed by atoms with Gasteiger partial charge in [-0.05, 0) is 76.9 Å². The van der Waals surface area contributed by atoms with Gasteiger partial charge in [-0.1, -0.05) is 41.9 Å². The number of hydrogen-bond donors (Lipinski definition) is 1. The molecule has 3 aromatic rings. The maximum atomic E-state index is 12.5. The van der Waals surface area contributed by atoms with Crippen molar-refractivity contribution in [3.8, 4) is 17.2 Å². The van der Waals surface area contributed by atoms with Gasteiger partial charge >= 0.3 is 0 Å². The zero-order chi connectivity index (χ0) is 25.2. The Labute approximate surface area is 222 Å². The van der Waals surface area contributed by atoms with Gasteiger partial charge < -0.3 is 14.2 Å². The largest absolute Gasteiger partial charge is 0.490 e. The first-order valence-corrected chi connectivity index (χ1v) is 12.2. The molecule has 0 heterocycles. The van der Waals surface area contributed by atoms with E-state index in [0.717, 1.165) is 15.6 Å². The van der Waals surface area contributed by atoms with E-state index in [2.05, 4.69) is 33.0 Å². The number of ether oxygens (including phenoxy) is 3. The van der Waals surface area contributed by atoms with Gasteiger partial charge in [0.25, 0.3) is 5.91 Å². The van der Waals surface area contributed by atoms with E-state index >= 15 is 0 Å². The number of nitrogens with one attached hydrogen (secondary N) is 1. The fraction of sp³-hybridized carbons (Fsp3) is 0.154. The van der Waals surface area contributed by atoms with Crippen molar-refractivity contribution >= 4 is 51.3 Å². The number of halogens is 3. The van der Waals surface area contributed by atoms with Crippen molar-refractivity contribution in [2.45, 2.75) is 13.5 Å². The Hall–Kier alpha value is -3.00. The lowest BCUT2D eigenvalue weighted by Crippen LogP contribution is -2.17. The van der Waals surface area contributed by atoms with E-state index in [4.69, 9.17) is 37.4 Å². The first-order chi connectivity index (χ1) is 16.9. The second-order valence-electron chi connectivity index (χ2n) is 7.11. The lowest BCUT2D eigenvalue weighted by Gasteiger charge is -2.12. The van der Waals surface area contributed by atoms with Crippen molar-refractivity contribution in [2.75, 3.05) is 13.2 Å². The molecule has 3 rings (SSSR count). The Morgan fingerprint density at radius 3 is 2.54 bits per heavy atom. The van der Waals surface area contributed by atoms with Gasteiger partial charge in [-0.2, -0.15) is 5.10 Å². The fourth-order valence-electron chi connectivity index (χ4n) is 2.92. The van der Waals surface area contributed by atoms with E-state index in [0.29, 0.717) is 52.7 Å². The number of rotatable bonds is 11. The molecule has 3 aromatic carbocycles. The maximum absolute atomic E-state index is 12.5. The molecule has 0 aliphatic heterocycles. The molecule has 6 nitrogen and oxygen atoms in total. The Morgan fingerprint density at radius 2 is 1.83 bits per heavy atom. The minimum absolute atomic E-state index is 0.291. The number of carbonyl (C=O) groups excluding carboxylic acids is 1. The van der Waals surface area contributed by atoms with Crippen LogP contribution >= 0.6 is 39.1 Å². The standard InChI is InChI=1S/C26H23BrCl2N2O4/c1-3-11-34-24-10-7-18(13-25(24)33-4-2)26(32)31-30-15-17-5-9-23(21(27)12-17)35-16-19-6-8-20(28)14-22(19)29/h3,5-10,12-15H,1,4,11,16H2,2H3,(H,31,32)/b30-15+. The Morgan fingerprint density at radius 1 is 1.03 bits per heavy atom. The smallest absolute Gasteiger partial charge is 0.271 e. The van der Waals surface area contributed by atoms with Crippen LogP contribution in [0.15, 0.2) is 76.8 Å². The molecular weight excluding hydrogens is 555 g/mol. The second-order valence-corrected chi connectivity index (χ2v) is 8.81. The number of nitrogens with zero attached hydrogens (tertiary/aromatic N) is 1. The van der Waals surface area contributed by atoms with Crippen LogP contribution in [0.4, 0.5) is 0 Å². The highest BCUT2D eigenvalue weighted by Crippen LogP contribution is 2.29. The van der Waals surface area contributed by atoms with Gasteiger partial charge in [0.05, 0.1) is 17.3 Å². The predicted octanol–water partition coefficient (Wildman–Crippen LogP) is 7.06. The summed E-state index contributed by atoms with van der Waals surface area (Å²) in [6.07, 6.45) is 3.17. The van der Waals surface area contributed by atoms with Crippen LogP contribution in [0.2, 0.25) is 10.0 Å². The minimum Gasteiger partial charge on any atom is -0.490 e. The van der Waals surface area contributed by atoms with Crippen LogP contribution in [0.1, 0.15) is 28.4 Å². The van der Waals surface area contributed by atoms with Gasteiger partial charge in [0.2, 0.25) is 0 Å². The number of hydrazone groups is 1. The van der Waals surface area contributed by atoms with Gasteiger partial charge in [0.1, 0.15) is 19.0 Å². The van der Waals surface area contributed by atoms with Crippen molar-refractivity contribution < 1.29 is 19.0 Å². The normalized spacial score (nSPS) is 10.7. The van der Waals surface area contributed by atoms with Crippen LogP contribution in [0, 0.1) is 0 Å². The molecule has 35 heavy (non-hydrogen) atoms. The summed E-state index contributed by atoms with van der Waals surface area (Å²) in [6.45, 7) is 6.55. The summed E-state index contributed by atoms with van der Waals surface area (Å²) in [6, 6.07) is 15.6. The van der Waals surface area contributed by atoms with Gasteiger partial charge in [0, 0.05) is 21.2 Å². The second kappa shape index (κ2) is 13.2. The third kappa shape index (κ3) is 7.75. The molecule has 182 valence electrons. The monoisotopic (exact) mass is 576 g/mol. The van der Waals surface area contributed by atoms with E-state index in [-0.39, 0.29) is 5.91 Å². The van der Waals surface area contributed by atoms with E-state index < -0.39 is 0 Å². The fourth-order valence-corrected chi connectivity index (χ4v) is 3.90. The number of benzene rings is 3. The maximum Gasteiger partial charge on any atom is 0.271 e. The van der Waals surface area contributed by atoms with Gasteiger partial charge in [-0.15, -0.1) is 0 Å². The quantitative estimate of drug-likeness (QED) is 0.150. The van der Waals surface area contributed by atoms with Crippen molar-refractivity contribution in [3.05, 3.63) is 98.5 Å². The van der Waals surface area contributed by atoms with Crippen LogP contribution in [0.3, 0.4) is 0 Å². The topological polar surface area (TPSA) is 69.2 Å². The first kappa shape index (κ1) is 26.6. The van der Waals surface area contributed by atoms with E-state index in [1.165, 1.54) is 6.21 Å².